The Bertz CT molecular complexity index is 1510. The van der Waals surface area contributed by atoms with E-state index in [4.69, 9.17) is 4.42 Å². The molecule has 0 spiro atoms. The Morgan fingerprint density at radius 1 is 0.842 bits per heavy atom. The molecule has 0 radical (unpaired) electrons. The summed E-state index contributed by atoms with van der Waals surface area (Å²) in [5, 5.41) is 5.98. The number of hydrogen-bond donors (Lipinski definition) is 2. The molecule has 3 aromatic carbocycles. The van der Waals surface area contributed by atoms with Crippen LogP contribution in [0, 0.1) is 0 Å². The van der Waals surface area contributed by atoms with Crippen molar-refractivity contribution in [3.63, 3.8) is 0 Å². The Hall–Kier alpha value is -4.56. The number of nitrogens with zero attached hydrogens (tertiary/aromatic N) is 1. The van der Waals surface area contributed by atoms with Gasteiger partial charge in [-0.2, -0.15) is 0 Å². The van der Waals surface area contributed by atoms with E-state index in [0.29, 0.717) is 27.9 Å². The predicted molar refractivity (Wildman–Crippen MR) is 149 cm³/mol. The second kappa shape index (κ2) is 10.8. The van der Waals surface area contributed by atoms with Gasteiger partial charge in [-0.15, -0.1) is 0 Å². The van der Waals surface area contributed by atoms with Crippen LogP contribution in [-0.4, -0.2) is 17.7 Å². The number of imide groups is 1. The fraction of sp³-hybridized carbons (Fsp3) is 0.100. The number of rotatable bonds is 8. The Labute approximate surface area is 224 Å². The van der Waals surface area contributed by atoms with E-state index in [1.165, 1.54) is 28.5 Å². The maximum absolute atomic E-state index is 13.6. The molecule has 1 aliphatic rings. The lowest BCUT2D eigenvalue weighted by atomic mass is 10.0. The number of para-hydroxylation sites is 1. The zero-order valence-electron chi connectivity index (χ0n) is 20.8. The van der Waals surface area contributed by atoms with Gasteiger partial charge in [-0.1, -0.05) is 62.0 Å². The van der Waals surface area contributed by atoms with Gasteiger partial charge in [0.05, 0.1) is 12.0 Å². The van der Waals surface area contributed by atoms with Crippen LogP contribution in [0.15, 0.2) is 117 Å². The number of anilines is 3. The van der Waals surface area contributed by atoms with Crippen LogP contribution in [0.3, 0.4) is 0 Å². The highest BCUT2D eigenvalue weighted by molar-refractivity contribution is 8.04. The molecule has 0 unspecified atom stereocenters. The number of carbonyl (C=O) groups excluding carboxylic acids is 3. The number of hydrogen-bond acceptors (Lipinski definition) is 6. The summed E-state index contributed by atoms with van der Waals surface area (Å²) in [6.45, 7) is 4.23. The zero-order valence-corrected chi connectivity index (χ0v) is 21.6. The first-order valence-electron chi connectivity index (χ1n) is 12.1. The maximum Gasteiger partial charge on any atom is 0.291 e. The topological polar surface area (TPSA) is 91.7 Å². The smallest absolute Gasteiger partial charge is 0.291 e. The molecule has 0 saturated heterocycles. The molecule has 8 heteroatoms. The highest BCUT2D eigenvalue weighted by Crippen LogP contribution is 2.38. The Morgan fingerprint density at radius 2 is 1.61 bits per heavy atom. The lowest BCUT2D eigenvalue weighted by Crippen LogP contribution is -2.32. The van der Waals surface area contributed by atoms with Crippen molar-refractivity contribution in [3.05, 3.63) is 119 Å². The summed E-state index contributed by atoms with van der Waals surface area (Å²) in [6, 6.07) is 26.9. The molecule has 2 N–H and O–H groups in total. The van der Waals surface area contributed by atoms with E-state index in [1.54, 1.807) is 54.6 Å². The van der Waals surface area contributed by atoms with Crippen molar-refractivity contribution in [2.24, 2.45) is 0 Å². The summed E-state index contributed by atoms with van der Waals surface area (Å²) >= 11 is 1.17. The van der Waals surface area contributed by atoms with Crippen LogP contribution in [0.1, 0.15) is 35.9 Å². The predicted octanol–water partition coefficient (Wildman–Crippen LogP) is 6.64. The van der Waals surface area contributed by atoms with Crippen LogP contribution in [0.5, 0.6) is 0 Å². The second-order valence-corrected chi connectivity index (χ2v) is 10.0. The van der Waals surface area contributed by atoms with Crippen LogP contribution in [0.4, 0.5) is 17.1 Å². The van der Waals surface area contributed by atoms with Crippen LogP contribution < -0.4 is 15.5 Å². The third-order valence-corrected chi connectivity index (χ3v) is 7.03. The van der Waals surface area contributed by atoms with Gasteiger partial charge in [0.1, 0.15) is 10.6 Å². The summed E-state index contributed by atoms with van der Waals surface area (Å²) in [4.78, 5) is 41.7. The largest absolute Gasteiger partial charge is 0.459 e. The third kappa shape index (κ3) is 5.26. The minimum atomic E-state index is -0.432. The molecule has 3 amide bonds. The van der Waals surface area contributed by atoms with Crippen molar-refractivity contribution in [1.82, 2.24) is 0 Å². The van der Waals surface area contributed by atoms with Crippen LogP contribution in [0.2, 0.25) is 0 Å². The van der Waals surface area contributed by atoms with E-state index in [0.717, 1.165) is 0 Å². The molecule has 0 fully saturated rings. The highest BCUT2D eigenvalue weighted by Gasteiger charge is 2.40. The molecule has 190 valence electrons. The van der Waals surface area contributed by atoms with Crippen molar-refractivity contribution in [2.75, 3.05) is 15.5 Å². The van der Waals surface area contributed by atoms with Gasteiger partial charge in [0.15, 0.2) is 5.76 Å². The first kappa shape index (κ1) is 25.1. The summed E-state index contributed by atoms with van der Waals surface area (Å²) in [7, 11) is 0. The third-order valence-electron chi connectivity index (χ3n) is 5.96. The molecule has 5 rings (SSSR count). The number of carbonyl (C=O) groups is 3. The second-order valence-electron chi connectivity index (χ2n) is 8.95. The van der Waals surface area contributed by atoms with Crippen LogP contribution in [-0.2, 0) is 9.59 Å². The molecule has 0 bridgehead atoms. The van der Waals surface area contributed by atoms with E-state index < -0.39 is 11.8 Å². The number of amides is 3. The van der Waals surface area contributed by atoms with Gasteiger partial charge < -0.3 is 15.1 Å². The quantitative estimate of drug-likeness (QED) is 0.252. The van der Waals surface area contributed by atoms with Gasteiger partial charge in [-0.05, 0) is 66.1 Å². The van der Waals surface area contributed by atoms with Gasteiger partial charge in [-0.25, -0.2) is 4.90 Å². The summed E-state index contributed by atoms with van der Waals surface area (Å²) in [5.74, 6) is -0.670. The summed E-state index contributed by atoms with van der Waals surface area (Å²) in [6.07, 6.45) is 1.43. The van der Waals surface area contributed by atoms with Gasteiger partial charge in [0.25, 0.3) is 17.7 Å². The molecule has 1 aromatic heterocycles. The lowest BCUT2D eigenvalue weighted by molar-refractivity contribution is -0.120. The Morgan fingerprint density at radius 3 is 2.29 bits per heavy atom. The number of nitrogens with one attached hydrogen (secondary N) is 2. The summed E-state index contributed by atoms with van der Waals surface area (Å²) < 4.78 is 5.16. The molecule has 7 nitrogen and oxygen atoms in total. The van der Waals surface area contributed by atoms with E-state index in [1.807, 2.05) is 36.4 Å². The average Bonchev–Trinajstić information content (AvgIpc) is 3.54. The van der Waals surface area contributed by atoms with E-state index >= 15 is 0 Å². The van der Waals surface area contributed by atoms with Gasteiger partial charge >= 0.3 is 0 Å². The van der Waals surface area contributed by atoms with Crippen molar-refractivity contribution in [1.29, 1.82) is 0 Å². The van der Waals surface area contributed by atoms with E-state index in [-0.39, 0.29) is 22.3 Å². The SMILES string of the molecule is CC(C)c1ccc(NC2=C(Sc3cccc(NC(=O)c4ccco4)c3)C(=O)N(c3ccccc3)C2=O)cc1. The minimum absolute atomic E-state index is 0.191. The van der Waals surface area contributed by atoms with Gasteiger partial charge in [0.2, 0.25) is 0 Å². The Kier molecular flexibility index (Phi) is 7.15. The minimum Gasteiger partial charge on any atom is -0.459 e. The molecule has 0 saturated carbocycles. The van der Waals surface area contributed by atoms with Crippen LogP contribution in [0.25, 0.3) is 0 Å². The summed E-state index contributed by atoms with van der Waals surface area (Å²) in [5.41, 5.74) is 3.11. The van der Waals surface area contributed by atoms with E-state index in [9.17, 15) is 14.4 Å². The lowest BCUT2D eigenvalue weighted by Gasteiger charge is -2.15. The fourth-order valence-corrected chi connectivity index (χ4v) is 4.96. The molecular weight excluding hydrogens is 498 g/mol. The number of thioether (sulfide) groups is 1. The van der Waals surface area contributed by atoms with Crippen molar-refractivity contribution in [2.45, 2.75) is 24.7 Å². The maximum atomic E-state index is 13.6. The number of benzene rings is 3. The average molecular weight is 524 g/mol. The first-order valence-corrected chi connectivity index (χ1v) is 12.9. The molecule has 1 aliphatic heterocycles. The molecular formula is C30H25N3O4S. The van der Waals surface area contributed by atoms with Crippen molar-refractivity contribution < 1.29 is 18.8 Å². The van der Waals surface area contributed by atoms with Gasteiger partial charge in [0, 0.05) is 16.3 Å². The molecule has 38 heavy (non-hydrogen) atoms. The molecule has 0 aliphatic carbocycles. The normalized spacial score (nSPS) is 13.4. The number of furan rings is 1. The molecule has 4 aromatic rings. The Balaban J connectivity index is 1.46. The van der Waals surface area contributed by atoms with Crippen LogP contribution >= 0.6 is 11.8 Å². The standard InChI is InChI=1S/C30H25N3O4S/c1-19(2)20-13-15-21(16-14-20)31-26-27(30(36)33(29(26)35)23-9-4-3-5-10-23)38-24-11-6-8-22(18-24)32-28(34)25-12-7-17-37-25/h3-19,31H,1-2H3,(H,32,34). The monoisotopic (exact) mass is 523 g/mol. The zero-order chi connectivity index (χ0) is 26.6. The first-order chi connectivity index (χ1) is 18.4. The van der Waals surface area contributed by atoms with Crippen molar-refractivity contribution >= 4 is 46.5 Å². The van der Waals surface area contributed by atoms with E-state index in [2.05, 4.69) is 24.5 Å². The molecule has 0 atom stereocenters. The fourth-order valence-electron chi connectivity index (χ4n) is 3.98. The van der Waals surface area contributed by atoms with Crippen molar-refractivity contribution in [3.8, 4) is 0 Å². The molecule has 2 heterocycles. The van der Waals surface area contributed by atoms with Gasteiger partial charge in [-0.3, -0.25) is 14.4 Å². The highest BCUT2D eigenvalue weighted by atomic mass is 32.2.